The van der Waals surface area contributed by atoms with E-state index in [2.05, 4.69) is 15.0 Å². The number of aromatic nitrogens is 1. The van der Waals surface area contributed by atoms with E-state index in [1.165, 1.54) is 6.92 Å². The van der Waals surface area contributed by atoms with Crippen molar-refractivity contribution in [1.82, 2.24) is 10.3 Å². The molecule has 6 nitrogen and oxygen atoms in total. The average molecular weight is 289 g/mol. The zero-order valence-corrected chi connectivity index (χ0v) is 12.1. The SMILES string of the molecule is CC(=O)OC(N)C(=O)NC(C)Cc1c[nH]c2ccccc12. The Bertz CT molecular complexity index is 650. The number of benzene rings is 1. The van der Waals surface area contributed by atoms with Crippen molar-refractivity contribution in [1.29, 1.82) is 0 Å². The molecule has 1 aromatic carbocycles. The summed E-state index contributed by atoms with van der Waals surface area (Å²) in [5.74, 6) is -1.08. The Morgan fingerprint density at radius 3 is 2.81 bits per heavy atom. The second-order valence-corrected chi connectivity index (χ2v) is 5.00. The number of fused-ring (bicyclic) bond motifs is 1. The van der Waals surface area contributed by atoms with Crippen LogP contribution in [0.1, 0.15) is 19.4 Å². The summed E-state index contributed by atoms with van der Waals surface area (Å²) in [6.07, 6.45) is 1.31. The van der Waals surface area contributed by atoms with E-state index in [4.69, 9.17) is 5.73 Å². The molecule has 112 valence electrons. The number of rotatable bonds is 5. The van der Waals surface area contributed by atoms with Gasteiger partial charge >= 0.3 is 5.97 Å². The molecule has 0 fully saturated rings. The van der Waals surface area contributed by atoms with Crippen LogP contribution in [-0.4, -0.2) is 29.1 Å². The average Bonchev–Trinajstić information content (AvgIpc) is 2.81. The van der Waals surface area contributed by atoms with Gasteiger partial charge in [-0.15, -0.1) is 0 Å². The lowest BCUT2D eigenvalue weighted by Crippen LogP contribution is -2.47. The van der Waals surface area contributed by atoms with Crippen LogP contribution in [0.5, 0.6) is 0 Å². The minimum atomic E-state index is -1.27. The van der Waals surface area contributed by atoms with Gasteiger partial charge in [-0.25, -0.2) is 0 Å². The van der Waals surface area contributed by atoms with Crippen molar-refractivity contribution in [3.63, 3.8) is 0 Å². The largest absolute Gasteiger partial charge is 0.437 e. The number of hydrogen-bond acceptors (Lipinski definition) is 4. The molecule has 0 aliphatic carbocycles. The second kappa shape index (κ2) is 6.41. The number of ether oxygens (including phenoxy) is 1. The molecule has 1 aromatic heterocycles. The number of para-hydroxylation sites is 1. The monoisotopic (exact) mass is 289 g/mol. The highest BCUT2D eigenvalue weighted by molar-refractivity contribution is 5.84. The molecule has 6 heteroatoms. The fourth-order valence-corrected chi connectivity index (χ4v) is 2.24. The molecular formula is C15H19N3O3. The molecule has 0 saturated carbocycles. The van der Waals surface area contributed by atoms with Gasteiger partial charge in [0.15, 0.2) is 0 Å². The van der Waals surface area contributed by atoms with Gasteiger partial charge in [0.05, 0.1) is 0 Å². The Balaban J connectivity index is 1.97. The predicted octanol–water partition coefficient (Wildman–Crippen LogP) is 1.06. The third-order valence-electron chi connectivity index (χ3n) is 3.14. The van der Waals surface area contributed by atoms with Gasteiger partial charge < -0.3 is 15.0 Å². The normalized spacial score (nSPS) is 13.7. The zero-order valence-electron chi connectivity index (χ0n) is 12.1. The lowest BCUT2D eigenvalue weighted by atomic mass is 10.1. The van der Waals surface area contributed by atoms with E-state index < -0.39 is 18.1 Å². The quantitative estimate of drug-likeness (QED) is 0.566. The number of nitrogens with two attached hydrogens (primary N) is 1. The summed E-state index contributed by atoms with van der Waals surface area (Å²) in [5.41, 5.74) is 7.64. The number of hydrogen-bond donors (Lipinski definition) is 3. The van der Waals surface area contributed by atoms with Crippen LogP contribution in [0, 0.1) is 0 Å². The summed E-state index contributed by atoms with van der Waals surface area (Å²) in [7, 11) is 0. The third-order valence-corrected chi connectivity index (χ3v) is 3.14. The van der Waals surface area contributed by atoms with Crippen LogP contribution in [0.4, 0.5) is 0 Å². The van der Waals surface area contributed by atoms with Crippen molar-refractivity contribution in [2.75, 3.05) is 0 Å². The van der Waals surface area contributed by atoms with E-state index >= 15 is 0 Å². The molecule has 4 N–H and O–H groups in total. The molecule has 0 aliphatic rings. The molecule has 1 heterocycles. The molecule has 0 aliphatic heterocycles. The maximum Gasteiger partial charge on any atom is 0.304 e. The summed E-state index contributed by atoms with van der Waals surface area (Å²) in [5, 5.41) is 3.86. The van der Waals surface area contributed by atoms with Crippen LogP contribution in [0.25, 0.3) is 10.9 Å². The Labute approximate surface area is 122 Å². The van der Waals surface area contributed by atoms with Gasteiger partial charge in [0.25, 0.3) is 5.91 Å². The Morgan fingerprint density at radius 2 is 2.10 bits per heavy atom. The molecular weight excluding hydrogens is 270 g/mol. The van der Waals surface area contributed by atoms with Crippen molar-refractivity contribution in [3.8, 4) is 0 Å². The van der Waals surface area contributed by atoms with Gasteiger partial charge in [0.2, 0.25) is 6.23 Å². The van der Waals surface area contributed by atoms with Crippen LogP contribution in [-0.2, 0) is 20.7 Å². The smallest absolute Gasteiger partial charge is 0.304 e. The lowest BCUT2D eigenvalue weighted by Gasteiger charge is -2.17. The van der Waals surface area contributed by atoms with E-state index in [-0.39, 0.29) is 6.04 Å². The van der Waals surface area contributed by atoms with E-state index in [0.717, 1.165) is 16.5 Å². The van der Waals surface area contributed by atoms with Crippen LogP contribution in [0.3, 0.4) is 0 Å². The number of carbonyl (C=O) groups is 2. The standard InChI is InChI=1S/C15H19N3O3/c1-9(18-15(20)14(16)21-10(2)19)7-11-8-17-13-6-4-3-5-12(11)13/h3-6,8-9,14,17H,7,16H2,1-2H3,(H,18,20). The van der Waals surface area contributed by atoms with Gasteiger partial charge in [-0.2, -0.15) is 0 Å². The minimum Gasteiger partial charge on any atom is -0.437 e. The van der Waals surface area contributed by atoms with Crippen LogP contribution in [0.2, 0.25) is 0 Å². The van der Waals surface area contributed by atoms with Crippen molar-refractivity contribution in [2.24, 2.45) is 5.73 Å². The van der Waals surface area contributed by atoms with Gasteiger partial charge in [0, 0.05) is 30.1 Å². The van der Waals surface area contributed by atoms with Crippen molar-refractivity contribution < 1.29 is 14.3 Å². The van der Waals surface area contributed by atoms with Crippen LogP contribution >= 0.6 is 0 Å². The Kier molecular flexibility index (Phi) is 4.59. The Hall–Kier alpha value is -2.34. The minimum absolute atomic E-state index is 0.127. The van der Waals surface area contributed by atoms with Crippen molar-refractivity contribution in [3.05, 3.63) is 36.0 Å². The molecule has 2 unspecified atom stereocenters. The number of carbonyl (C=O) groups excluding carboxylic acids is 2. The van der Waals surface area contributed by atoms with Crippen LogP contribution in [0.15, 0.2) is 30.5 Å². The van der Waals surface area contributed by atoms with Gasteiger partial charge in [-0.3, -0.25) is 15.3 Å². The second-order valence-electron chi connectivity index (χ2n) is 5.00. The first kappa shape index (κ1) is 15.1. The van der Waals surface area contributed by atoms with Crippen molar-refractivity contribution in [2.45, 2.75) is 32.5 Å². The molecule has 2 atom stereocenters. The molecule has 1 amide bonds. The van der Waals surface area contributed by atoms with Gasteiger partial charge in [0.1, 0.15) is 0 Å². The highest BCUT2D eigenvalue weighted by Gasteiger charge is 2.19. The zero-order chi connectivity index (χ0) is 15.4. The predicted molar refractivity (Wildman–Crippen MR) is 79.3 cm³/mol. The molecule has 2 aromatic rings. The molecule has 0 saturated heterocycles. The van der Waals surface area contributed by atoms with Crippen molar-refractivity contribution >= 4 is 22.8 Å². The number of amides is 1. The maximum atomic E-state index is 11.8. The van der Waals surface area contributed by atoms with E-state index in [0.29, 0.717) is 6.42 Å². The molecule has 0 bridgehead atoms. The summed E-state index contributed by atoms with van der Waals surface area (Å²) >= 11 is 0. The molecule has 0 radical (unpaired) electrons. The Morgan fingerprint density at radius 1 is 1.38 bits per heavy atom. The summed E-state index contributed by atoms with van der Waals surface area (Å²) in [4.78, 5) is 25.7. The van der Waals surface area contributed by atoms with E-state index in [1.54, 1.807) is 0 Å². The first-order valence-electron chi connectivity index (χ1n) is 6.75. The fourth-order valence-electron chi connectivity index (χ4n) is 2.24. The summed E-state index contributed by atoms with van der Waals surface area (Å²) in [6.45, 7) is 3.09. The highest BCUT2D eigenvalue weighted by Crippen LogP contribution is 2.18. The molecule has 21 heavy (non-hydrogen) atoms. The number of aromatic amines is 1. The van der Waals surface area contributed by atoms with Crippen LogP contribution < -0.4 is 11.1 Å². The lowest BCUT2D eigenvalue weighted by molar-refractivity contribution is -0.153. The first-order valence-corrected chi connectivity index (χ1v) is 6.75. The maximum absolute atomic E-state index is 11.8. The van der Waals surface area contributed by atoms with E-state index in [1.807, 2.05) is 37.4 Å². The highest BCUT2D eigenvalue weighted by atomic mass is 16.6. The number of esters is 1. The van der Waals surface area contributed by atoms with Gasteiger partial charge in [-0.1, -0.05) is 18.2 Å². The number of H-pyrrole nitrogens is 1. The first-order chi connectivity index (χ1) is 9.97. The summed E-state index contributed by atoms with van der Waals surface area (Å²) in [6, 6.07) is 7.84. The fraction of sp³-hybridized carbons (Fsp3) is 0.333. The summed E-state index contributed by atoms with van der Waals surface area (Å²) < 4.78 is 4.64. The molecule has 0 spiro atoms. The number of nitrogens with one attached hydrogen (secondary N) is 2. The van der Waals surface area contributed by atoms with Gasteiger partial charge in [-0.05, 0) is 25.0 Å². The topological polar surface area (TPSA) is 97.2 Å². The third kappa shape index (κ3) is 3.82. The van der Waals surface area contributed by atoms with E-state index in [9.17, 15) is 9.59 Å². The molecule has 2 rings (SSSR count).